The minimum Gasteiger partial charge on any atom is -0.478 e. The maximum Gasteiger partial charge on any atom is 0.335 e. The van der Waals surface area contributed by atoms with E-state index >= 15 is 0 Å². The Morgan fingerprint density at radius 3 is 2.43 bits per heavy atom. The van der Waals surface area contributed by atoms with E-state index in [0.29, 0.717) is 5.82 Å². The molecule has 0 saturated heterocycles. The van der Waals surface area contributed by atoms with Crippen molar-refractivity contribution in [2.24, 2.45) is 0 Å². The zero-order chi connectivity index (χ0) is 16.0. The molecule has 0 aliphatic carbocycles. The van der Waals surface area contributed by atoms with Gasteiger partial charge in [-0.05, 0) is 31.4 Å². The summed E-state index contributed by atoms with van der Waals surface area (Å²) in [6, 6.07) is 3.26. The number of carboxylic acids is 1. The third-order valence-corrected chi connectivity index (χ3v) is 3.37. The summed E-state index contributed by atoms with van der Waals surface area (Å²) in [5, 5.41) is 18.0. The Bertz CT molecular complexity index is 481. The molecule has 1 heterocycles. The summed E-state index contributed by atoms with van der Waals surface area (Å²) in [5.74, 6) is -0.248. The van der Waals surface area contributed by atoms with Crippen molar-refractivity contribution in [1.29, 1.82) is 0 Å². The van der Waals surface area contributed by atoms with Crippen LogP contribution >= 0.6 is 0 Å². The molecule has 0 radical (unpaired) electrons. The first-order valence-electron chi connectivity index (χ1n) is 7.33. The van der Waals surface area contributed by atoms with Gasteiger partial charge >= 0.3 is 5.97 Å². The van der Waals surface area contributed by atoms with Crippen LogP contribution in [0.1, 0.15) is 56.1 Å². The molecule has 5 heteroatoms. The first kappa shape index (κ1) is 17.4. The van der Waals surface area contributed by atoms with Crippen molar-refractivity contribution in [3.05, 3.63) is 23.4 Å². The first-order valence-corrected chi connectivity index (χ1v) is 7.33. The number of pyridine rings is 1. The summed E-state index contributed by atoms with van der Waals surface area (Å²) in [6.45, 7) is 7.06. The quantitative estimate of drug-likeness (QED) is 0.756. The van der Waals surface area contributed by atoms with Crippen LogP contribution in [0.5, 0.6) is 0 Å². The van der Waals surface area contributed by atoms with Gasteiger partial charge in [-0.3, -0.25) is 0 Å². The third kappa shape index (κ3) is 5.34. The van der Waals surface area contributed by atoms with Crippen molar-refractivity contribution in [3.63, 3.8) is 0 Å². The second-order valence-corrected chi connectivity index (χ2v) is 6.36. The van der Waals surface area contributed by atoms with Crippen molar-refractivity contribution in [2.45, 2.75) is 45.4 Å². The van der Waals surface area contributed by atoms with E-state index in [1.165, 1.54) is 0 Å². The second-order valence-electron chi connectivity index (χ2n) is 6.36. The van der Waals surface area contributed by atoms with Crippen molar-refractivity contribution in [3.8, 4) is 0 Å². The Morgan fingerprint density at radius 1 is 1.24 bits per heavy atom. The molecule has 0 spiro atoms. The van der Waals surface area contributed by atoms with E-state index < -0.39 is 5.97 Å². The van der Waals surface area contributed by atoms with Crippen LogP contribution in [0.2, 0.25) is 0 Å². The average Bonchev–Trinajstić information content (AvgIpc) is 2.41. The largest absolute Gasteiger partial charge is 0.478 e. The molecule has 0 atom stereocenters. The van der Waals surface area contributed by atoms with E-state index in [4.69, 9.17) is 5.11 Å². The Morgan fingerprint density at radius 2 is 1.90 bits per heavy atom. The van der Waals surface area contributed by atoms with Gasteiger partial charge in [-0.1, -0.05) is 20.8 Å². The van der Waals surface area contributed by atoms with E-state index in [1.54, 1.807) is 12.1 Å². The van der Waals surface area contributed by atoms with Crippen LogP contribution in [0.4, 0.5) is 5.82 Å². The SMILES string of the molecule is CN(CCCCCO)c1cc(C(=O)O)cc(C(C)(C)C)n1. The van der Waals surface area contributed by atoms with Crippen molar-refractivity contribution >= 4 is 11.8 Å². The summed E-state index contributed by atoms with van der Waals surface area (Å²) in [4.78, 5) is 17.9. The molecular weight excluding hydrogens is 268 g/mol. The van der Waals surface area contributed by atoms with E-state index in [2.05, 4.69) is 4.98 Å². The van der Waals surface area contributed by atoms with Gasteiger partial charge in [0.1, 0.15) is 5.82 Å². The summed E-state index contributed by atoms with van der Waals surface area (Å²) in [7, 11) is 1.92. The Kier molecular flexibility index (Phi) is 6.15. The Labute approximate surface area is 126 Å². The van der Waals surface area contributed by atoms with Crippen LogP contribution in [0, 0.1) is 0 Å². The molecule has 0 unspecified atom stereocenters. The molecule has 0 bridgehead atoms. The van der Waals surface area contributed by atoms with Gasteiger partial charge in [-0.15, -0.1) is 0 Å². The lowest BCUT2D eigenvalue weighted by Gasteiger charge is -2.23. The fourth-order valence-electron chi connectivity index (χ4n) is 1.97. The number of aromatic nitrogens is 1. The molecule has 0 aliphatic heterocycles. The fourth-order valence-corrected chi connectivity index (χ4v) is 1.97. The van der Waals surface area contributed by atoms with E-state index in [9.17, 15) is 9.90 Å². The number of aliphatic hydroxyl groups excluding tert-OH is 1. The third-order valence-electron chi connectivity index (χ3n) is 3.37. The van der Waals surface area contributed by atoms with Crippen molar-refractivity contribution < 1.29 is 15.0 Å². The highest BCUT2D eigenvalue weighted by Crippen LogP contribution is 2.24. The molecule has 0 aliphatic rings. The molecule has 1 aromatic rings. The number of anilines is 1. The smallest absolute Gasteiger partial charge is 0.335 e. The zero-order valence-electron chi connectivity index (χ0n) is 13.4. The number of hydrogen-bond acceptors (Lipinski definition) is 4. The summed E-state index contributed by atoms with van der Waals surface area (Å²) in [6.07, 6.45) is 2.69. The molecule has 1 aromatic heterocycles. The van der Waals surface area contributed by atoms with Crippen LogP contribution in [0.15, 0.2) is 12.1 Å². The monoisotopic (exact) mass is 294 g/mol. The molecule has 1 rings (SSSR count). The number of rotatable bonds is 7. The zero-order valence-corrected chi connectivity index (χ0v) is 13.4. The number of aliphatic hydroxyl groups is 1. The van der Waals surface area contributed by atoms with Crippen LogP contribution in [0.25, 0.3) is 0 Å². The lowest BCUT2D eigenvalue weighted by Crippen LogP contribution is -2.23. The number of carbonyl (C=O) groups is 1. The average molecular weight is 294 g/mol. The number of unbranched alkanes of at least 4 members (excludes halogenated alkanes) is 2. The molecule has 0 fully saturated rings. The van der Waals surface area contributed by atoms with Gasteiger partial charge in [0, 0.05) is 31.3 Å². The van der Waals surface area contributed by atoms with E-state index in [-0.39, 0.29) is 17.6 Å². The predicted octanol–water partition coefficient (Wildman–Crippen LogP) is 2.68. The van der Waals surface area contributed by atoms with Crippen LogP contribution in [0.3, 0.4) is 0 Å². The highest BCUT2D eigenvalue weighted by Gasteiger charge is 2.20. The highest BCUT2D eigenvalue weighted by atomic mass is 16.4. The van der Waals surface area contributed by atoms with Gasteiger partial charge < -0.3 is 15.1 Å². The number of aromatic carboxylic acids is 1. The second kappa shape index (κ2) is 7.41. The maximum atomic E-state index is 11.3. The molecule has 21 heavy (non-hydrogen) atoms. The van der Waals surface area contributed by atoms with Gasteiger partial charge in [-0.25, -0.2) is 9.78 Å². The molecule has 0 aromatic carbocycles. The Balaban J connectivity index is 2.94. The van der Waals surface area contributed by atoms with Gasteiger partial charge in [-0.2, -0.15) is 0 Å². The minimum absolute atomic E-state index is 0.196. The van der Waals surface area contributed by atoms with E-state index in [1.807, 2.05) is 32.7 Å². The summed E-state index contributed by atoms with van der Waals surface area (Å²) in [5.41, 5.74) is 0.851. The lowest BCUT2D eigenvalue weighted by molar-refractivity contribution is 0.0696. The van der Waals surface area contributed by atoms with E-state index in [0.717, 1.165) is 31.5 Å². The highest BCUT2D eigenvalue weighted by molar-refractivity contribution is 5.88. The normalized spacial score (nSPS) is 11.5. The standard InChI is InChI=1S/C16H26N2O3/c1-16(2,3)13-10-12(15(20)21)11-14(17-13)18(4)8-6-5-7-9-19/h10-11,19H,5-9H2,1-4H3,(H,20,21). The Hall–Kier alpha value is -1.62. The van der Waals surface area contributed by atoms with Gasteiger partial charge in [0.15, 0.2) is 0 Å². The summed E-state index contributed by atoms with van der Waals surface area (Å²) >= 11 is 0. The lowest BCUT2D eigenvalue weighted by atomic mass is 9.90. The predicted molar refractivity (Wildman–Crippen MR) is 84.1 cm³/mol. The topological polar surface area (TPSA) is 73.7 Å². The first-order chi connectivity index (χ1) is 9.75. The van der Waals surface area contributed by atoms with Gasteiger partial charge in [0.25, 0.3) is 0 Å². The van der Waals surface area contributed by atoms with Crippen LogP contribution in [-0.2, 0) is 5.41 Å². The van der Waals surface area contributed by atoms with Crippen molar-refractivity contribution in [1.82, 2.24) is 4.98 Å². The molecular formula is C16H26N2O3. The number of carboxylic acid groups (broad SMARTS) is 1. The number of hydrogen-bond donors (Lipinski definition) is 2. The maximum absolute atomic E-state index is 11.3. The molecule has 0 amide bonds. The summed E-state index contributed by atoms with van der Waals surface area (Å²) < 4.78 is 0. The minimum atomic E-state index is -0.933. The number of nitrogens with zero attached hydrogens (tertiary/aromatic N) is 2. The molecule has 0 saturated carbocycles. The fraction of sp³-hybridized carbons (Fsp3) is 0.625. The molecule has 118 valence electrons. The van der Waals surface area contributed by atoms with Gasteiger partial charge in [0.2, 0.25) is 0 Å². The molecule has 2 N–H and O–H groups in total. The van der Waals surface area contributed by atoms with Crippen LogP contribution in [-0.4, -0.2) is 41.4 Å². The molecule has 5 nitrogen and oxygen atoms in total. The van der Waals surface area contributed by atoms with Crippen molar-refractivity contribution in [2.75, 3.05) is 25.1 Å². The van der Waals surface area contributed by atoms with Crippen LogP contribution < -0.4 is 4.90 Å². The van der Waals surface area contributed by atoms with Gasteiger partial charge in [0.05, 0.1) is 5.56 Å².